The maximum atomic E-state index is 14.3. The van der Waals surface area contributed by atoms with Crippen molar-refractivity contribution in [1.82, 2.24) is 5.32 Å². The van der Waals surface area contributed by atoms with Gasteiger partial charge in [0.1, 0.15) is 18.3 Å². The van der Waals surface area contributed by atoms with E-state index in [9.17, 15) is 19.2 Å². The van der Waals surface area contributed by atoms with Crippen LogP contribution >= 0.6 is 0 Å². The Hall–Kier alpha value is -5.40. The van der Waals surface area contributed by atoms with Gasteiger partial charge in [0, 0.05) is 12.0 Å². The molecular formula is C76H111NO11. The van der Waals surface area contributed by atoms with E-state index in [-0.39, 0.29) is 30.2 Å². The second-order valence-electron chi connectivity index (χ2n) is 24.9. The number of amides is 1. The number of hydrogen-bond donors (Lipinski definition) is 1. The summed E-state index contributed by atoms with van der Waals surface area (Å²) in [6.07, 6.45) is 35.7. The lowest BCUT2D eigenvalue weighted by Gasteiger charge is -2.48. The molecule has 0 spiro atoms. The molecule has 2 saturated heterocycles. The quantitative estimate of drug-likeness (QED) is 0.0256. The molecule has 12 nitrogen and oxygen atoms in total. The molecule has 0 aromatic heterocycles. The van der Waals surface area contributed by atoms with Crippen molar-refractivity contribution in [2.75, 3.05) is 13.2 Å². The summed E-state index contributed by atoms with van der Waals surface area (Å²) in [7, 11) is 0. The number of rotatable bonds is 48. The maximum absolute atomic E-state index is 14.3. The lowest BCUT2D eigenvalue weighted by atomic mass is 9.96. The van der Waals surface area contributed by atoms with Gasteiger partial charge in [-0.15, -0.1) is 0 Å². The highest BCUT2D eigenvalue weighted by atomic mass is 16.8. The summed E-state index contributed by atoms with van der Waals surface area (Å²) in [4.78, 5) is 56.7. The third-order valence-electron chi connectivity index (χ3n) is 17.5. The maximum Gasteiger partial charge on any atom is 0.338 e. The third kappa shape index (κ3) is 28.2. The number of nitrogens with one attached hydrogen (secondary N) is 1. The molecule has 0 aliphatic carbocycles. The average Bonchev–Trinajstić information content (AvgIpc) is 1.26. The number of fused-ring (bicyclic) bond motifs is 1. The SMILES string of the molecule is CCCCCCCCCCCCCCCCCCCCCCCC(=O)N[C@@H](CO[C@@H]1O[C@@H]2COC(c3ccccc3)O[C@@H]2[C@H](OC(=O)c2ccccc2)[C@H]1OC(=O)c1ccccc1)[C@@H](CCCCCCCCCCCCCCC)OC(=O)c1ccccc1. The first-order chi connectivity index (χ1) is 43.3. The second kappa shape index (κ2) is 44.9. The fraction of sp³-hybridized carbons (Fsp3) is 0.632. The largest absolute Gasteiger partial charge is 0.456 e. The minimum atomic E-state index is -1.38. The van der Waals surface area contributed by atoms with Gasteiger partial charge in [-0.3, -0.25) is 4.79 Å². The summed E-state index contributed by atoms with van der Waals surface area (Å²) in [5.41, 5.74) is 1.70. The van der Waals surface area contributed by atoms with E-state index in [1.54, 1.807) is 78.9 Å². The van der Waals surface area contributed by atoms with Crippen molar-refractivity contribution in [2.24, 2.45) is 0 Å². The van der Waals surface area contributed by atoms with E-state index in [2.05, 4.69) is 19.2 Å². The normalized spacial score (nSPS) is 18.8. The standard InChI is InChI=1S/C76H111NO11/c1-3-5-7-9-11-13-15-17-18-19-20-21-22-23-24-26-28-30-32-34-48-58-68(78)77-65(66(84-72(79)61-49-39-35-40-50-61)57-47-33-31-29-27-25-16-14-12-10-8-6-4-2)59-82-76-71(87-74(81)63-53-43-37-44-54-63)70(86-73(80)62-51-41-36-42-52-62)69-67(85-76)60-83-75(88-69)64-55-45-38-46-56-64/h35-46,49-56,65-67,69-71,75-76H,3-34,47-48,57-60H2,1-2H3,(H,77,78)/t65-,66+,67+,69-,70-,71+,75?,76+/m0/s1. The van der Waals surface area contributed by atoms with Crippen molar-refractivity contribution in [3.05, 3.63) is 144 Å². The Morgan fingerprint density at radius 3 is 1.25 bits per heavy atom. The van der Waals surface area contributed by atoms with Crippen LogP contribution in [0, 0.1) is 0 Å². The lowest BCUT2D eigenvalue weighted by molar-refractivity contribution is -0.360. The van der Waals surface area contributed by atoms with Crippen LogP contribution in [0.3, 0.4) is 0 Å². The number of esters is 3. The number of carbonyl (C=O) groups is 4. The van der Waals surface area contributed by atoms with Gasteiger partial charge >= 0.3 is 17.9 Å². The molecule has 88 heavy (non-hydrogen) atoms. The van der Waals surface area contributed by atoms with Crippen molar-refractivity contribution in [3.63, 3.8) is 0 Å². The molecule has 1 amide bonds. The molecule has 4 aromatic carbocycles. The van der Waals surface area contributed by atoms with Crippen LogP contribution in [0.2, 0.25) is 0 Å². The van der Waals surface area contributed by atoms with Crippen molar-refractivity contribution in [3.8, 4) is 0 Å². The Kier molecular flexibility index (Phi) is 36.6. The Morgan fingerprint density at radius 1 is 0.443 bits per heavy atom. The first kappa shape index (κ1) is 71.7. The fourth-order valence-electron chi connectivity index (χ4n) is 12.2. The number of hydrogen-bond acceptors (Lipinski definition) is 11. The van der Waals surface area contributed by atoms with Crippen molar-refractivity contribution < 1.29 is 52.3 Å². The van der Waals surface area contributed by atoms with E-state index in [4.69, 9.17) is 33.2 Å². The van der Waals surface area contributed by atoms with Crippen molar-refractivity contribution in [2.45, 2.75) is 294 Å². The molecule has 2 aliphatic rings. The topological polar surface area (TPSA) is 145 Å². The molecule has 1 unspecified atom stereocenters. The number of unbranched alkanes of at least 4 members (excludes halogenated alkanes) is 32. The Morgan fingerprint density at radius 2 is 0.818 bits per heavy atom. The number of carbonyl (C=O) groups excluding carboxylic acids is 4. The van der Waals surface area contributed by atoms with Crippen LogP contribution < -0.4 is 5.32 Å². The van der Waals surface area contributed by atoms with Gasteiger partial charge in [0.05, 0.1) is 35.9 Å². The van der Waals surface area contributed by atoms with Crippen LogP contribution in [0.4, 0.5) is 0 Å². The van der Waals surface area contributed by atoms with Crippen LogP contribution in [0.5, 0.6) is 0 Å². The van der Waals surface area contributed by atoms with E-state index < -0.39 is 67.0 Å². The van der Waals surface area contributed by atoms with Crippen molar-refractivity contribution in [1.29, 1.82) is 0 Å². The van der Waals surface area contributed by atoms with E-state index in [0.717, 1.165) is 56.9 Å². The monoisotopic (exact) mass is 1210 g/mol. The molecule has 8 atom stereocenters. The predicted molar refractivity (Wildman–Crippen MR) is 351 cm³/mol. The van der Waals surface area contributed by atoms with Gasteiger partial charge in [-0.2, -0.15) is 0 Å². The molecule has 2 aliphatic heterocycles. The van der Waals surface area contributed by atoms with Gasteiger partial charge < -0.3 is 38.5 Å². The minimum absolute atomic E-state index is 0.0266. The number of ether oxygens (including phenoxy) is 7. The van der Waals surface area contributed by atoms with Crippen LogP contribution in [0.25, 0.3) is 0 Å². The van der Waals surface area contributed by atoms with Gasteiger partial charge in [0.2, 0.25) is 5.91 Å². The molecule has 2 heterocycles. The summed E-state index contributed by atoms with van der Waals surface area (Å²) in [5.74, 6) is -2.04. The van der Waals surface area contributed by atoms with Crippen LogP contribution in [-0.2, 0) is 38.0 Å². The van der Waals surface area contributed by atoms with E-state index in [1.165, 1.54) is 167 Å². The summed E-state index contributed by atoms with van der Waals surface area (Å²) < 4.78 is 45.6. The summed E-state index contributed by atoms with van der Waals surface area (Å²) >= 11 is 0. The molecule has 12 heteroatoms. The predicted octanol–water partition coefficient (Wildman–Crippen LogP) is 19.1. The highest BCUT2D eigenvalue weighted by Gasteiger charge is 2.55. The Balaban J connectivity index is 1.11. The molecule has 2 fully saturated rings. The molecule has 0 bridgehead atoms. The Bertz CT molecular complexity index is 2430. The zero-order chi connectivity index (χ0) is 61.9. The van der Waals surface area contributed by atoms with Crippen LogP contribution in [-0.4, -0.2) is 79.9 Å². The number of benzene rings is 4. The van der Waals surface area contributed by atoms with E-state index in [0.29, 0.717) is 18.4 Å². The summed E-state index contributed by atoms with van der Waals surface area (Å²) in [5, 5.41) is 3.26. The molecule has 486 valence electrons. The zero-order valence-electron chi connectivity index (χ0n) is 54.0. The molecule has 4 aromatic rings. The molecule has 6 rings (SSSR count). The van der Waals surface area contributed by atoms with Crippen LogP contribution in [0.1, 0.15) is 288 Å². The molecule has 1 N–H and O–H groups in total. The highest BCUT2D eigenvalue weighted by molar-refractivity contribution is 5.91. The van der Waals surface area contributed by atoms with Gasteiger partial charge in [0.15, 0.2) is 24.8 Å². The first-order valence-corrected chi connectivity index (χ1v) is 35.0. The van der Waals surface area contributed by atoms with Crippen LogP contribution in [0.15, 0.2) is 121 Å². The van der Waals surface area contributed by atoms with Gasteiger partial charge in [0.25, 0.3) is 0 Å². The molecule has 0 saturated carbocycles. The smallest absolute Gasteiger partial charge is 0.338 e. The third-order valence-corrected chi connectivity index (χ3v) is 17.5. The van der Waals surface area contributed by atoms with Gasteiger partial charge in [-0.05, 0) is 55.7 Å². The average molecular weight is 1210 g/mol. The first-order valence-electron chi connectivity index (χ1n) is 35.0. The minimum Gasteiger partial charge on any atom is -0.456 e. The Labute approximate surface area is 530 Å². The van der Waals surface area contributed by atoms with E-state index in [1.807, 2.05) is 42.5 Å². The van der Waals surface area contributed by atoms with Crippen molar-refractivity contribution >= 4 is 23.8 Å². The summed E-state index contributed by atoms with van der Waals surface area (Å²) in [6, 6.07) is 34.6. The summed E-state index contributed by atoms with van der Waals surface area (Å²) in [6.45, 7) is 4.36. The van der Waals surface area contributed by atoms with Gasteiger partial charge in [-0.25, -0.2) is 14.4 Å². The van der Waals surface area contributed by atoms with Gasteiger partial charge in [-0.1, -0.05) is 304 Å². The molecular weight excluding hydrogens is 1100 g/mol. The highest BCUT2D eigenvalue weighted by Crippen LogP contribution is 2.38. The second-order valence-corrected chi connectivity index (χ2v) is 24.9. The zero-order valence-corrected chi connectivity index (χ0v) is 54.0. The molecule has 0 radical (unpaired) electrons. The fourth-order valence-corrected chi connectivity index (χ4v) is 12.2. The lowest BCUT2D eigenvalue weighted by Crippen LogP contribution is -2.64. The van der Waals surface area contributed by atoms with E-state index >= 15 is 0 Å².